The zero-order valence-corrected chi connectivity index (χ0v) is 12.4. The van der Waals surface area contributed by atoms with E-state index in [0.29, 0.717) is 5.02 Å². The van der Waals surface area contributed by atoms with E-state index >= 15 is 0 Å². The molecule has 0 radical (unpaired) electrons. The molecule has 1 aliphatic rings. The Bertz CT molecular complexity index is 519. The number of rotatable bonds is 4. The van der Waals surface area contributed by atoms with Gasteiger partial charge in [0.05, 0.1) is 6.54 Å². The summed E-state index contributed by atoms with van der Waals surface area (Å²) in [5.41, 5.74) is 0.717. The molecule has 0 saturated carbocycles. The molecule has 1 saturated heterocycles. The first-order valence-electron chi connectivity index (χ1n) is 6.54. The molecule has 0 atom stereocenters. The van der Waals surface area contributed by atoms with E-state index in [-0.39, 0.29) is 37.6 Å². The van der Waals surface area contributed by atoms with Crippen molar-refractivity contribution >= 4 is 29.1 Å². The first kappa shape index (κ1) is 14.8. The first-order valence-corrected chi connectivity index (χ1v) is 6.92. The van der Waals surface area contributed by atoms with Gasteiger partial charge >= 0.3 is 0 Å². The molecule has 0 spiro atoms. The van der Waals surface area contributed by atoms with Crippen molar-refractivity contribution in [3.63, 3.8) is 0 Å². The fourth-order valence-electron chi connectivity index (χ4n) is 1.99. The second-order valence-corrected chi connectivity index (χ2v) is 5.51. The normalized spacial score (nSPS) is 15.3. The van der Waals surface area contributed by atoms with Crippen molar-refractivity contribution in [2.24, 2.45) is 0 Å². The van der Waals surface area contributed by atoms with Gasteiger partial charge < -0.3 is 10.2 Å². The SMILES string of the molecule is CC(C)NCC(=O)N1CC(=O)N(c2cccc(Cl)c2)C1. The van der Waals surface area contributed by atoms with Crippen LogP contribution >= 0.6 is 11.6 Å². The quantitative estimate of drug-likeness (QED) is 0.915. The van der Waals surface area contributed by atoms with E-state index in [1.165, 1.54) is 0 Å². The van der Waals surface area contributed by atoms with Gasteiger partial charge in [-0.3, -0.25) is 14.5 Å². The van der Waals surface area contributed by atoms with Crippen LogP contribution in [-0.2, 0) is 9.59 Å². The summed E-state index contributed by atoms with van der Waals surface area (Å²) in [6, 6.07) is 7.31. The molecule has 1 heterocycles. The van der Waals surface area contributed by atoms with Crippen LogP contribution in [-0.4, -0.2) is 42.5 Å². The van der Waals surface area contributed by atoms with Crippen LogP contribution < -0.4 is 10.2 Å². The molecule has 0 aliphatic carbocycles. The second kappa shape index (κ2) is 6.24. The molecule has 5 nitrogen and oxygen atoms in total. The van der Waals surface area contributed by atoms with Gasteiger partial charge in [-0.2, -0.15) is 0 Å². The van der Waals surface area contributed by atoms with Crippen molar-refractivity contribution in [3.8, 4) is 0 Å². The third-order valence-electron chi connectivity index (χ3n) is 3.07. The number of hydrogen-bond acceptors (Lipinski definition) is 3. The minimum Gasteiger partial charge on any atom is -0.314 e. The monoisotopic (exact) mass is 295 g/mol. The van der Waals surface area contributed by atoms with Gasteiger partial charge in [-0.15, -0.1) is 0 Å². The molecular formula is C14H18ClN3O2. The van der Waals surface area contributed by atoms with Gasteiger partial charge in [0.15, 0.2) is 0 Å². The number of carbonyl (C=O) groups excluding carboxylic acids is 2. The van der Waals surface area contributed by atoms with Crippen molar-refractivity contribution in [1.29, 1.82) is 0 Å². The zero-order valence-electron chi connectivity index (χ0n) is 11.6. The second-order valence-electron chi connectivity index (χ2n) is 5.07. The van der Waals surface area contributed by atoms with Crippen LogP contribution in [0.1, 0.15) is 13.8 Å². The number of nitrogens with one attached hydrogen (secondary N) is 1. The zero-order chi connectivity index (χ0) is 14.7. The molecule has 1 fully saturated rings. The number of hydrogen-bond donors (Lipinski definition) is 1. The van der Waals surface area contributed by atoms with Crippen LogP contribution in [0.2, 0.25) is 5.02 Å². The van der Waals surface area contributed by atoms with Crippen molar-refractivity contribution < 1.29 is 9.59 Å². The van der Waals surface area contributed by atoms with Gasteiger partial charge in [-0.1, -0.05) is 31.5 Å². The van der Waals surface area contributed by atoms with Gasteiger partial charge in [0.1, 0.15) is 13.2 Å². The fourth-order valence-corrected chi connectivity index (χ4v) is 2.17. The summed E-state index contributed by atoms with van der Waals surface area (Å²) in [5.74, 6) is -0.165. The number of amides is 2. The molecule has 2 amide bonds. The highest BCUT2D eigenvalue weighted by Gasteiger charge is 2.31. The molecule has 2 rings (SSSR count). The van der Waals surface area contributed by atoms with E-state index in [1.807, 2.05) is 19.9 Å². The summed E-state index contributed by atoms with van der Waals surface area (Å²) in [4.78, 5) is 27.1. The summed E-state index contributed by atoms with van der Waals surface area (Å²) < 4.78 is 0. The lowest BCUT2D eigenvalue weighted by atomic mass is 10.3. The molecule has 0 bridgehead atoms. The van der Waals surface area contributed by atoms with E-state index in [2.05, 4.69) is 5.32 Å². The fraction of sp³-hybridized carbons (Fsp3) is 0.429. The predicted octanol–water partition coefficient (Wildman–Crippen LogP) is 1.47. The average molecular weight is 296 g/mol. The number of anilines is 1. The van der Waals surface area contributed by atoms with E-state index in [0.717, 1.165) is 5.69 Å². The maximum Gasteiger partial charge on any atom is 0.248 e. The van der Waals surface area contributed by atoms with Crippen LogP contribution in [0, 0.1) is 0 Å². The van der Waals surface area contributed by atoms with Gasteiger partial charge in [0.25, 0.3) is 0 Å². The highest BCUT2D eigenvalue weighted by molar-refractivity contribution is 6.30. The van der Waals surface area contributed by atoms with Crippen molar-refractivity contribution in [3.05, 3.63) is 29.3 Å². The van der Waals surface area contributed by atoms with Crippen molar-refractivity contribution in [2.45, 2.75) is 19.9 Å². The lowest BCUT2D eigenvalue weighted by Crippen LogP contribution is -2.39. The van der Waals surface area contributed by atoms with Crippen molar-refractivity contribution in [1.82, 2.24) is 10.2 Å². The number of carbonyl (C=O) groups is 2. The highest BCUT2D eigenvalue weighted by Crippen LogP contribution is 2.22. The maximum atomic E-state index is 12.0. The Morgan fingerprint density at radius 2 is 2.20 bits per heavy atom. The van der Waals surface area contributed by atoms with Crippen LogP contribution in [0.4, 0.5) is 5.69 Å². The summed E-state index contributed by atoms with van der Waals surface area (Å²) in [6.45, 7) is 4.58. The molecule has 1 aliphatic heterocycles. The molecule has 0 aromatic heterocycles. The van der Waals surface area contributed by atoms with E-state index in [9.17, 15) is 9.59 Å². The lowest BCUT2D eigenvalue weighted by molar-refractivity contribution is -0.130. The summed E-state index contributed by atoms with van der Waals surface area (Å²) in [5, 5.41) is 3.63. The van der Waals surface area contributed by atoms with Crippen LogP contribution in [0.3, 0.4) is 0 Å². The molecule has 108 valence electrons. The lowest BCUT2D eigenvalue weighted by Gasteiger charge is -2.19. The molecule has 6 heteroatoms. The van der Waals surface area contributed by atoms with Gasteiger partial charge in [-0.05, 0) is 18.2 Å². The Kier molecular flexibility index (Phi) is 4.62. The molecule has 1 N–H and O–H groups in total. The Morgan fingerprint density at radius 1 is 1.45 bits per heavy atom. The number of benzene rings is 1. The van der Waals surface area contributed by atoms with Crippen molar-refractivity contribution in [2.75, 3.05) is 24.7 Å². The maximum absolute atomic E-state index is 12.0. The van der Waals surface area contributed by atoms with E-state index in [4.69, 9.17) is 11.6 Å². The van der Waals surface area contributed by atoms with Crippen LogP contribution in [0.15, 0.2) is 24.3 Å². The standard InChI is InChI=1S/C14H18ClN3O2/c1-10(2)16-7-13(19)17-8-14(20)18(9-17)12-5-3-4-11(15)6-12/h3-6,10,16H,7-9H2,1-2H3. The largest absolute Gasteiger partial charge is 0.314 e. The summed E-state index contributed by atoms with van der Waals surface area (Å²) in [6.07, 6.45) is 0. The Labute approximate surface area is 123 Å². The highest BCUT2D eigenvalue weighted by atomic mass is 35.5. The summed E-state index contributed by atoms with van der Waals surface area (Å²) >= 11 is 5.93. The molecule has 20 heavy (non-hydrogen) atoms. The molecular weight excluding hydrogens is 278 g/mol. The number of halogens is 1. The van der Waals surface area contributed by atoms with E-state index < -0.39 is 0 Å². The first-order chi connectivity index (χ1) is 9.47. The smallest absolute Gasteiger partial charge is 0.248 e. The molecule has 1 aromatic carbocycles. The van der Waals surface area contributed by atoms with E-state index in [1.54, 1.807) is 28.0 Å². The topological polar surface area (TPSA) is 52.7 Å². The molecule has 0 unspecified atom stereocenters. The van der Waals surface area contributed by atoms with Gasteiger partial charge in [-0.25, -0.2) is 0 Å². The average Bonchev–Trinajstić information content (AvgIpc) is 2.78. The Hall–Kier alpha value is -1.59. The van der Waals surface area contributed by atoms with Gasteiger partial charge in [0, 0.05) is 16.8 Å². The van der Waals surface area contributed by atoms with Crippen LogP contribution in [0.5, 0.6) is 0 Å². The number of nitrogens with zero attached hydrogens (tertiary/aromatic N) is 2. The Balaban J connectivity index is 2.02. The summed E-state index contributed by atoms with van der Waals surface area (Å²) in [7, 11) is 0. The van der Waals surface area contributed by atoms with Crippen LogP contribution in [0.25, 0.3) is 0 Å². The Morgan fingerprint density at radius 3 is 2.85 bits per heavy atom. The third kappa shape index (κ3) is 3.49. The minimum atomic E-state index is -0.0924. The molecule has 1 aromatic rings. The predicted molar refractivity (Wildman–Crippen MR) is 78.7 cm³/mol. The van der Waals surface area contributed by atoms with Gasteiger partial charge in [0.2, 0.25) is 11.8 Å². The third-order valence-corrected chi connectivity index (χ3v) is 3.31. The minimum absolute atomic E-state index is 0.0726.